The molecular formula is C17H21N7O. The summed E-state index contributed by atoms with van der Waals surface area (Å²) in [6, 6.07) is 7.00. The molecule has 2 heterocycles. The van der Waals surface area contributed by atoms with E-state index in [0.717, 1.165) is 24.9 Å². The van der Waals surface area contributed by atoms with E-state index in [1.54, 1.807) is 35.1 Å². The summed E-state index contributed by atoms with van der Waals surface area (Å²) in [6.07, 6.45) is 6.04. The van der Waals surface area contributed by atoms with E-state index in [1.165, 1.54) is 6.42 Å². The van der Waals surface area contributed by atoms with Crippen LogP contribution in [0.15, 0.2) is 30.5 Å². The molecule has 2 atom stereocenters. The number of benzene rings is 1. The lowest BCUT2D eigenvalue weighted by Gasteiger charge is -2.29. The third-order valence-electron chi connectivity index (χ3n) is 4.68. The summed E-state index contributed by atoms with van der Waals surface area (Å²) in [5.74, 6) is 1.08. The van der Waals surface area contributed by atoms with Gasteiger partial charge < -0.3 is 21.9 Å². The van der Waals surface area contributed by atoms with Crippen LogP contribution in [0.1, 0.15) is 25.7 Å². The maximum Gasteiger partial charge on any atom is 0.224 e. The van der Waals surface area contributed by atoms with Gasteiger partial charge in [0.05, 0.1) is 11.1 Å². The molecule has 4 rings (SSSR count). The fourth-order valence-corrected chi connectivity index (χ4v) is 3.27. The van der Waals surface area contributed by atoms with Crippen molar-refractivity contribution in [2.24, 2.45) is 5.73 Å². The number of hydrogen-bond donors (Lipinski definition) is 4. The average molecular weight is 339 g/mol. The molecule has 1 unspecified atom stereocenters. The summed E-state index contributed by atoms with van der Waals surface area (Å²) < 4.78 is 1.65. The van der Waals surface area contributed by atoms with Crippen molar-refractivity contribution in [3.8, 4) is 11.4 Å². The predicted octanol–water partition coefficient (Wildman–Crippen LogP) is 1.79. The molecule has 8 nitrogen and oxygen atoms in total. The Kier molecular flexibility index (Phi) is 3.89. The monoisotopic (exact) mass is 339 g/mol. The van der Waals surface area contributed by atoms with Gasteiger partial charge in [-0.15, -0.1) is 5.10 Å². The van der Waals surface area contributed by atoms with E-state index in [0.29, 0.717) is 22.8 Å². The van der Waals surface area contributed by atoms with Gasteiger partial charge in [0.1, 0.15) is 5.75 Å². The number of nitrogen functional groups attached to an aromatic ring is 1. The summed E-state index contributed by atoms with van der Waals surface area (Å²) in [5, 5.41) is 17.9. The zero-order valence-corrected chi connectivity index (χ0v) is 13.8. The van der Waals surface area contributed by atoms with Gasteiger partial charge >= 0.3 is 0 Å². The van der Waals surface area contributed by atoms with Gasteiger partial charge in [-0.25, -0.2) is 9.67 Å². The number of anilines is 2. The maximum absolute atomic E-state index is 9.47. The summed E-state index contributed by atoms with van der Waals surface area (Å²) >= 11 is 0. The highest BCUT2D eigenvalue weighted by Crippen LogP contribution is 2.25. The van der Waals surface area contributed by atoms with Crippen molar-refractivity contribution in [1.82, 2.24) is 19.7 Å². The minimum absolute atomic E-state index is 0.111. The van der Waals surface area contributed by atoms with E-state index in [1.807, 2.05) is 0 Å². The van der Waals surface area contributed by atoms with Gasteiger partial charge in [-0.05, 0) is 37.1 Å². The first-order chi connectivity index (χ1) is 12.1. The van der Waals surface area contributed by atoms with Crippen LogP contribution in [0.4, 0.5) is 11.8 Å². The van der Waals surface area contributed by atoms with Crippen molar-refractivity contribution in [3.05, 3.63) is 30.5 Å². The Hall–Kier alpha value is -2.87. The highest BCUT2D eigenvalue weighted by atomic mass is 16.3. The zero-order valence-electron chi connectivity index (χ0n) is 13.8. The number of nitrogens with zero attached hydrogens (tertiary/aromatic N) is 4. The Morgan fingerprint density at radius 2 is 1.92 bits per heavy atom. The number of phenolic OH excluding ortho intramolecular Hbond substituents is 1. The Balaban J connectivity index is 1.71. The average Bonchev–Trinajstić information content (AvgIpc) is 2.94. The number of nitrogens with one attached hydrogen (secondary N) is 1. The van der Waals surface area contributed by atoms with Gasteiger partial charge in [0.2, 0.25) is 5.95 Å². The van der Waals surface area contributed by atoms with Crippen molar-refractivity contribution in [2.45, 2.75) is 37.8 Å². The molecule has 0 spiro atoms. The quantitative estimate of drug-likeness (QED) is 0.572. The molecule has 0 bridgehead atoms. The molecule has 0 amide bonds. The molecule has 130 valence electrons. The van der Waals surface area contributed by atoms with E-state index in [-0.39, 0.29) is 17.8 Å². The molecule has 3 aromatic rings. The van der Waals surface area contributed by atoms with Gasteiger partial charge in [-0.1, -0.05) is 12.8 Å². The lowest BCUT2D eigenvalue weighted by molar-refractivity contribution is 0.402. The van der Waals surface area contributed by atoms with Crippen molar-refractivity contribution in [2.75, 3.05) is 11.1 Å². The van der Waals surface area contributed by atoms with E-state index in [9.17, 15) is 5.11 Å². The summed E-state index contributed by atoms with van der Waals surface area (Å²) in [5.41, 5.74) is 13.6. The van der Waals surface area contributed by atoms with Gasteiger partial charge in [0, 0.05) is 18.3 Å². The molecule has 1 aliphatic carbocycles. The second kappa shape index (κ2) is 6.21. The first kappa shape index (κ1) is 15.6. The van der Waals surface area contributed by atoms with E-state index < -0.39 is 0 Å². The Labute approximate surface area is 144 Å². The van der Waals surface area contributed by atoms with Crippen LogP contribution < -0.4 is 16.8 Å². The molecular weight excluding hydrogens is 318 g/mol. The lowest BCUT2D eigenvalue weighted by Crippen LogP contribution is -2.42. The van der Waals surface area contributed by atoms with Crippen LogP contribution in [0.25, 0.3) is 16.7 Å². The zero-order chi connectivity index (χ0) is 17.4. The van der Waals surface area contributed by atoms with Crippen LogP contribution in [0.3, 0.4) is 0 Å². The molecule has 0 radical (unpaired) electrons. The van der Waals surface area contributed by atoms with Crippen molar-refractivity contribution in [1.29, 1.82) is 0 Å². The summed E-state index contributed by atoms with van der Waals surface area (Å²) in [7, 11) is 0. The minimum Gasteiger partial charge on any atom is -0.508 e. The molecule has 2 aromatic heterocycles. The van der Waals surface area contributed by atoms with Gasteiger partial charge in [0.15, 0.2) is 11.5 Å². The highest BCUT2D eigenvalue weighted by Gasteiger charge is 2.23. The summed E-state index contributed by atoms with van der Waals surface area (Å²) in [4.78, 5) is 8.97. The Morgan fingerprint density at radius 1 is 1.16 bits per heavy atom. The molecule has 0 aliphatic heterocycles. The Morgan fingerprint density at radius 3 is 2.68 bits per heavy atom. The number of nitrogens with two attached hydrogens (primary N) is 2. The van der Waals surface area contributed by atoms with Crippen molar-refractivity contribution >= 4 is 22.8 Å². The second-order valence-corrected chi connectivity index (χ2v) is 6.44. The Bertz CT molecular complexity index is 890. The fraction of sp³-hybridized carbons (Fsp3) is 0.353. The summed E-state index contributed by atoms with van der Waals surface area (Å²) in [6.45, 7) is 0. The largest absolute Gasteiger partial charge is 0.508 e. The minimum atomic E-state index is 0.111. The molecule has 1 aliphatic rings. The highest BCUT2D eigenvalue weighted by molar-refractivity contribution is 5.87. The number of rotatable bonds is 3. The number of aromatic nitrogens is 4. The van der Waals surface area contributed by atoms with Crippen LogP contribution in [0, 0.1) is 0 Å². The van der Waals surface area contributed by atoms with E-state index in [4.69, 9.17) is 11.5 Å². The van der Waals surface area contributed by atoms with Crippen LogP contribution in [-0.2, 0) is 0 Å². The molecule has 1 saturated carbocycles. The van der Waals surface area contributed by atoms with Gasteiger partial charge in [-0.3, -0.25) is 0 Å². The lowest BCUT2D eigenvalue weighted by atomic mass is 9.91. The van der Waals surface area contributed by atoms with Gasteiger partial charge in [0.25, 0.3) is 0 Å². The van der Waals surface area contributed by atoms with Crippen LogP contribution in [0.5, 0.6) is 5.75 Å². The van der Waals surface area contributed by atoms with Crippen LogP contribution in [-0.4, -0.2) is 36.9 Å². The van der Waals surface area contributed by atoms with Crippen LogP contribution in [0.2, 0.25) is 0 Å². The first-order valence-electron chi connectivity index (χ1n) is 8.44. The maximum atomic E-state index is 9.47. The van der Waals surface area contributed by atoms with Crippen LogP contribution >= 0.6 is 0 Å². The standard InChI is InChI=1S/C17H21N7O/c18-13-3-1-2-4-14(13)21-17-20-9-12-15(19)23-24(16(12)22-17)10-5-7-11(25)8-6-10/h5-9,13-14,25H,1-4,18H2,(H2,19,23)(H,20,21,22)/t13-,14?/m1/s1. The normalized spacial score (nSPS) is 20.7. The molecule has 25 heavy (non-hydrogen) atoms. The first-order valence-corrected chi connectivity index (χ1v) is 8.44. The number of hydrogen-bond acceptors (Lipinski definition) is 7. The van der Waals surface area contributed by atoms with Crippen molar-refractivity contribution < 1.29 is 5.11 Å². The molecule has 1 fully saturated rings. The topological polar surface area (TPSA) is 128 Å². The van der Waals surface area contributed by atoms with Crippen molar-refractivity contribution in [3.63, 3.8) is 0 Å². The fourth-order valence-electron chi connectivity index (χ4n) is 3.27. The third-order valence-corrected chi connectivity index (χ3v) is 4.68. The third kappa shape index (κ3) is 2.96. The second-order valence-electron chi connectivity index (χ2n) is 6.44. The molecule has 6 N–H and O–H groups in total. The van der Waals surface area contributed by atoms with Gasteiger partial charge in [-0.2, -0.15) is 4.98 Å². The molecule has 8 heteroatoms. The smallest absolute Gasteiger partial charge is 0.224 e. The number of aromatic hydroxyl groups is 1. The van der Waals surface area contributed by atoms with E-state index >= 15 is 0 Å². The predicted molar refractivity (Wildman–Crippen MR) is 96.6 cm³/mol. The van der Waals surface area contributed by atoms with E-state index in [2.05, 4.69) is 20.4 Å². The number of phenols is 1. The SMILES string of the molecule is Nc1nn(-c2ccc(O)cc2)c2nc(NC3CCCC[C@H]3N)ncc12. The molecule has 1 aromatic carbocycles. The number of fused-ring (bicyclic) bond motifs is 1. The molecule has 0 saturated heterocycles.